The van der Waals surface area contributed by atoms with Crippen LogP contribution in [-0.4, -0.2) is 25.7 Å². The van der Waals surface area contributed by atoms with Gasteiger partial charge in [-0.15, -0.1) is 0 Å². The molecule has 0 heterocycles. The summed E-state index contributed by atoms with van der Waals surface area (Å²) < 4.78 is 15.3. The fourth-order valence-corrected chi connectivity index (χ4v) is 2.07. The highest BCUT2D eigenvalue weighted by atomic mass is 16.5. The van der Waals surface area contributed by atoms with Crippen LogP contribution in [0.25, 0.3) is 6.08 Å². The maximum atomic E-state index is 11.7. The lowest BCUT2D eigenvalue weighted by Gasteiger charge is -2.08. The van der Waals surface area contributed by atoms with Crippen LogP contribution in [0.2, 0.25) is 0 Å². The number of rotatable bonds is 7. The van der Waals surface area contributed by atoms with Crippen LogP contribution in [0.5, 0.6) is 5.75 Å². The predicted octanol–water partition coefficient (Wildman–Crippen LogP) is 3.39. The van der Waals surface area contributed by atoms with E-state index in [0.29, 0.717) is 6.61 Å². The zero-order valence-electron chi connectivity index (χ0n) is 14.2. The van der Waals surface area contributed by atoms with Gasteiger partial charge in [-0.25, -0.2) is 4.79 Å². The van der Waals surface area contributed by atoms with Gasteiger partial charge < -0.3 is 14.2 Å². The molecule has 0 amide bonds. The van der Waals surface area contributed by atoms with Crippen molar-refractivity contribution in [3.63, 3.8) is 0 Å². The van der Waals surface area contributed by atoms with Gasteiger partial charge in [0.25, 0.3) is 0 Å². The third-order valence-electron chi connectivity index (χ3n) is 3.35. The number of carbonyl (C=O) groups is 2. The first kappa shape index (κ1) is 18.3. The third kappa shape index (κ3) is 6.14. The van der Waals surface area contributed by atoms with Crippen LogP contribution in [-0.2, 0) is 25.7 Å². The van der Waals surface area contributed by atoms with Gasteiger partial charge in [0, 0.05) is 6.92 Å². The van der Waals surface area contributed by atoms with Gasteiger partial charge in [-0.05, 0) is 29.3 Å². The van der Waals surface area contributed by atoms with E-state index in [2.05, 4.69) is 0 Å². The maximum absolute atomic E-state index is 11.7. The number of methoxy groups -OCH3 is 1. The smallest absolute Gasteiger partial charge is 0.337 e. The number of benzene rings is 2. The molecule has 2 aromatic carbocycles. The van der Waals surface area contributed by atoms with Crippen LogP contribution < -0.4 is 4.74 Å². The zero-order valence-corrected chi connectivity index (χ0v) is 14.2. The highest BCUT2D eigenvalue weighted by molar-refractivity contribution is 5.94. The molecule has 0 saturated heterocycles. The van der Waals surface area contributed by atoms with Crippen LogP contribution in [0.15, 0.2) is 60.2 Å². The fraction of sp³-hybridized carbons (Fsp3) is 0.200. The molecule has 0 aliphatic carbocycles. The summed E-state index contributed by atoms with van der Waals surface area (Å²) >= 11 is 0. The van der Waals surface area contributed by atoms with Crippen molar-refractivity contribution in [2.45, 2.75) is 13.5 Å². The van der Waals surface area contributed by atoms with E-state index in [1.807, 2.05) is 54.6 Å². The lowest BCUT2D eigenvalue weighted by molar-refractivity contribution is -0.141. The van der Waals surface area contributed by atoms with E-state index in [0.717, 1.165) is 16.9 Å². The number of hydrogen-bond donors (Lipinski definition) is 0. The summed E-state index contributed by atoms with van der Waals surface area (Å²) in [4.78, 5) is 22.7. The Labute approximate surface area is 146 Å². The molecule has 0 spiro atoms. The average Bonchev–Trinajstić information content (AvgIpc) is 2.64. The second-order valence-corrected chi connectivity index (χ2v) is 5.28. The van der Waals surface area contributed by atoms with Gasteiger partial charge in [0.1, 0.15) is 19.0 Å². The van der Waals surface area contributed by atoms with Crippen molar-refractivity contribution in [2.75, 3.05) is 13.7 Å². The van der Waals surface area contributed by atoms with Gasteiger partial charge in [0.2, 0.25) is 0 Å². The summed E-state index contributed by atoms with van der Waals surface area (Å²) in [5.41, 5.74) is 2.12. The third-order valence-corrected chi connectivity index (χ3v) is 3.35. The molecule has 0 atom stereocenters. The Balaban J connectivity index is 2.03. The lowest BCUT2D eigenvalue weighted by Crippen LogP contribution is -2.12. The molecule has 5 heteroatoms. The Hall–Kier alpha value is -3.08. The zero-order chi connectivity index (χ0) is 18.1. The highest BCUT2D eigenvalue weighted by Crippen LogP contribution is 2.17. The Kier molecular flexibility index (Phi) is 6.77. The monoisotopic (exact) mass is 340 g/mol. The molecule has 0 bridgehead atoms. The second kappa shape index (κ2) is 9.27. The maximum Gasteiger partial charge on any atom is 0.337 e. The average molecular weight is 340 g/mol. The minimum atomic E-state index is -0.536. The predicted molar refractivity (Wildman–Crippen MR) is 93.8 cm³/mol. The van der Waals surface area contributed by atoms with E-state index in [-0.39, 0.29) is 12.2 Å². The van der Waals surface area contributed by atoms with Gasteiger partial charge in [-0.3, -0.25) is 4.79 Å². The van der Waals surface area contributed by atoms with Crippen molar-refractivity contribution < 1.29 is 23.8 Å². The van der Waals surface area contributed by atoms with Gasteiger partial charge >= 0.3 is 11.9 Å². The van der Waals surface area contributed by atoms with Crippen molar-refractivity contribution in [3.05, 3.63) is 71.3 Å². The summed E-state index contributed by atoms with van der Waals surface area (Å²) in [5, 5.41) is 0. The van der Waals surface area contributed by atoms with Crippen LogP contribution in [0.4, 0.5) is 0 Å². The van der Waals surface area contributed by atoms with Crippen LogP contribution in [0.1, 0.15) is 18.1 Å². The second-order valence-electron chi connectivity index (χ2n) is 5.28. The molecule has 0 saturated carbocycles. The van der Waals surface area contributed by atoms with E-state index in [9.17, 15) is 9.59 Å². The molecule has 0 aromatic heterocycles. The van der Waals surface area contributed by atoms with Crippen molar-refractivity contribution in [1.82, 2.24) is 0 Å². The molecule has 5 nitrogen and oxygen atoms in total. The molecule has 2 rings (SSSR count). The minimum Gasteiger partial charge on any atom is -0.489 e. The van der Waals surface area contributed by atoms with Crippen LogP contribution >= 0.6 is 0 Å². The van der Waals surface area contributed by atoms with E-state index in [4.69, 9.17) is 14.2 Å². The molecule has 0 aliphatic heterocycles. The minimum absolute atomic E-state index is 0.131. The van der Waals surface area contributed by atoms with Crippen molar-refractivity contribution in [1.29, 1.82) is 0 Å². The Morgan fingerprint density at radius 1 is 1.00 bits per heavy atom. The fourth-order valence-electron chi connectivity index (χ4n) is 2.07. The first-order chi connectivity index (χ1) is 12.1. The van der Waals surface area contributed by atoms with E-state index >= 15 is 0 Å². The summed E-state index contributed by atoms with van der Waals surface area (Å²) in [6.07, 6.45) is 1.62. The SMILES string of the molecule is COC(=O)/C(=C/c1ccc(OCc2ccccc2)cc1)COC(C)=O. The molecular formula is C20H20O5. The summed E-state index contributed by atoms with van der Waals surface area (Å²) in [6, 6.07) is 17.1. The summed E-state index contributed by atoms with van der Waals surface area (Å²) in [6.45, 7) is 1.64. The molecule has 0 fully saturated rings. The molecule has 130 valence electrons. The van der Waals surface area contributed by atoms with Gasteiger partial charge in [-0.2, -0.15) is 0 Å². The lowest BCUT2D eigenvalue weighted by atomic mass is 10.1. The Morgan fingerprint density at radius 3 is 2.28 bits per heavy atom. The van der Waals surface area contributed by atoms with Crippen LogP contribution in [0, 0.1) is 0 Å². The number of ether oxygens (including phenoxy) is 3. The number of esters is 2. The first-order valence-corrected chi connectivity index (χ1v) is 7.77. The van der Waals surface area contributed by atoms with Gasteiger partial charge in [-0.1, -0.05) is 42.5 Å². The standard InChI is InChI=1S/C20H20O5/c1-15(21)24-14-18(20(22)23-2)12-16-8-10-19(11-9-16)25-13-17-6-4-3-5-7-17/h3-12H,13-14H2,1-2H3/b18-12+. The van der Waals surface area contributed by atoms with Gasteiger partial charge in [0.05, 0.1) is 12.7 Å². The van der Waals surface area contributed by atoms with Gasteiger partial charge in [0.15, 0.2) is 0 Å². The number of carbonyl (C=O) groups excluding carboxylic acids is 2. The topological polar surface area (TPSA) is 61.8 Å². The van der Waals surface area contributed by atoms with Crippen molar-refractivity contribution in [3.8, 4) is 5.75 Å². The van der Waals surface area contributed by atoms with E-state index < -0.39 is 11.9 Å². The van der Waals surface area contributed by atoms with Crippen molar-refractivity contribution in [2.24, 2.45) is 0 Å². The number of hydrogen-bond acceptors (Lipinski definition) is 5. The highest BCUT2D eigenvalue weighted by Gasteiger charge is 2.11. The van der Waals surface area contributed by atoms with E-state index in [1.54, 1.807) is 6.08 Å². The largest absolute Gasteiger partial charge is 0.489 e. The molecule has 0 unspecified atom stereocenters. The van der Waals surface area contributed by atoms with Crippen molar-refractivity contribution >= 4 is 18.0 Å². The molecule has 0 radical (unpaired) electrons. The quantitative estimate of drug-likeness (QED) is 0.571. The van der Waals surface area contributed by atoms with Crippen LogP contribution in [0.3, 0.4) is 0 Å². The first-order valence-electron chi connectivity index (χ1n) is 7.77. The van der Waals surface area contributed by atoms with E-state index in [1.165, 1.54) is 14.0 Å². The molecule has 25 heavy (non-hydrogen) atoms. The summed E-state index contributed by atoms with van der Waals surface area (Å²) in [5.74, 6) is -0.272. The molecule has 0 N–H and O–H groups in total. The molecule has 2 aromatic rings. The normalized spacial score (nSPS) is 10.9. The Morgan fingerprint density at radius 2 is 1.68 bits per heavy atom. The summed E-state index contributed by atoms with van der Waals surface area (Å²) in [7, 11) is 1.28. The Bertz CT molecular complexity index is 732. The molecule has 0 aliphatic rings. The molecular weight excluding hydrogens is 320 g/mol.